The second-order valence-corrected chi connectivity index (χ2v) is 8.31. The van der Waals surface area contributed by atoms with Crippen LogP contribution in [0.4, 0.5) is 0 Å². The van der Waals surface area contributed by atoms with Crippen LogP contribution in [0.2, 0.25) is 0 Å². The first kappa shape index (κ1) is 24.2. The molecule has 0 radical (unpaired) electrons. The molecule has 8 nitrogen and oxygen atoms in total. The maximum absolute atomic E-state index is 11.5. The van der Waals surface area contributed by atoms with E-state index < -0.39 is 10.0 Å². The Labute approximate surface area is 179 Å². The molecule has 1 aliphatic rings. The molecule has 0 aliphatic carbocycles. The lowest BCUT2D eigenvalue weighted by atomic mass is 10.2. The molecule has 156 valence electrons. The van der Waals surface area contributed by atoms with Gasteiger partial charge in [-0.2, -0.15) is 0 Å². The Morgan fingerprint density at radius 2 is 2.00 bits per heavy atom. The van der Waals surface area contributed by atoms with Crippen LogP contribution in [0.3, 0.4) is 0 Å². The van der Waals surface area contributed by atoms with Crippen LogP contribution in [-0.4, -0.2) is 64.3 Å². The molecule has 1 atom stereocenters. The summed E-state index contributed by atoms with van der Waals surface area (Å²) in [5, 5.41) is 6.37. The zero-order chi connectivity index (χ0) is 18.8. The van der Waals surface area contributed by atoms with Crippen LogP contribution in [0.25, 0.3) is 0 Å². The zero-order valence-electron chi connectivity index (χ0n) is 16.1. The fraction of sp³-hybridized carbons (Fsp3) is 0.706. The molecular formula is C17H32IN5O3S. The lowest BCUT2D eigenvalue weighted by molar-refractivity contribution is 0.221. The van der Waals surface area contributed by atoms with Crippen LogP contribution < -0.4 is 15.4 Å². The lowest BCUT2D eigenvalue weighted by Gasteiger charge is -2.24. The van der Waals surface area contributed by atoms with Gasteiger partial charge in [-0.3, -0.25) is 9.89 Å². The molecule has 27 heavy (non-hydrogen) atoms. The average Bonchev–Trinajstić information content (AvgIpc) is 3.33. The summed E-state index contributed by atoms with van der Waals surface area (Å²) in [4.78, 5) is 7.09. The molecule has 10 heteroatoms. The van der Waals surface area contributed by atoms with Crippen molar-refractivity contribution in [3.8, 4) is 0 Å². The van der Waals surface area contributed by atoms with Crippen molar-refractivity contribution in [2.75, 3.05) is 45.0 Å². The molecule has 0 bridgehead atoms. The summed E-state index contributed by atoms with van der Waals surface area (Å²) in [7, 11) is -3.17. The molecule has 0 amide bonds. The Kier molecular flexibility index (Phi) is 11.3. The van der Waals surface area contributed by atoms with Gasteiger partial charge >= 0.3 is 0 Å². The van der Waals surface area contributed by atoms with Crippen molar-refractivity contribution < 1.29 is 12.8 Å². The smallest absolute Gasteiger partial charge is 0.211 e. The largest absolute Gasteiger partial charge is 0.468 e. The molecule has 1 unspecified atom stereocenters. The number of halogens is 1. The fourth-order valence-corrected chi connectivity index (χ4v) is 3.55. The predicted octanol–water partition coefficient (Wildman–Crippen LogP) is 1.53. The molecule has 2 rings (SSSR count). The minimum Gasteiger partial charge on any atom is -0.468 e. The molecular weight excluding hydrogens is 481 g/mol. The fourth-order valence-electron chi connectivity index (χ4n) is 2.93. The summed E-state index contributed by atoms with van der Waals surface area (Å²) in [5.41, 5.74) is 0. The van der Waals surface area contributed by atoms with E-state index in [1.165, 1.54) is 12.8 Å². The molecule has 1 fully saturated rings. The van der Waals surface area contributed by atoms with Gasteiger partial charge < -0.3 is 15.1 Å². The summed E-state index contributed by atoms with van der Waals surface area (Å²) in [6, 6.07) is 4.03. The summed E-state index contributed by atoms with van der Waals surface area (Å²) in [6.07, 6.45) is 4.11. The quantitative estimate of drug-likeness (QED) is 0.190. The SMILES string of the molecule is CCNC(=NCC(c1ccco1)N1CCCC1)NCCNS(=O)(=O)CC.I. The second kappa shape index (κ2) is 12.6. The molecule has 0 saturated carbocycles. The number of likely N-dealkylation sites (tertiary alicyclic amines) is 1. The van der Waals surface area contributed by atoms with Crippen LogP contribution in [0.1, 0.15) is 38.5 Å². The lowest BCUT2D eigenvalue weighted by Crippen LogP contribution is -2.42. The Morgan fingerprint density at radius 3 is 2.59 bits per heavy atom. The molecule has 1 aromatic rings. The summed E-state index contributed by atoms with van der Waals surface area (Å²) >= 11 is 0. The van der Waals surface area contributed by atoms with Crippen molar-refractivity contribution in [2.45, 2.75) is 32.7 Å². The molecule has 1 aromatic heterocycles. The topological polar surface area (TPSA) is 99.0 Å². The van der Waals surface area contributed by atoms with Crippen LogP contribution in [-0.2, 0) is 10.0 Å². The third kappa shape index (κ3) is 8.36. The normalized spacial score (nSPS) is 16.7. The van der Waals surface area contributed by atoms with Crippen LogP contribution >= 0.6 is 24.0 Å². The highest BCUT2D eigenvalue weighted by molar-refractivity contribution is 14.0. The molecule has 1 aliphatic heterocycles. The third-order valence-corrected chi connectivity index (χ3v) is 5.74. The maximum Gasteiger partial charge on any atom is 0.211 e. The van der Waals surface area contributed by atoms with E-state index >= 15 is 0 Å². The van der Waals surface area contributed by atoms with Crippen LogP contribution in [0, 0.1) is 0 Å². The Balaban J connectivity index is 0.00000364. The first-order valence-electron chi connectivity index (χ1n) is 9.32. The van der Waals surface area contributed by atoms with Crippen LogP contribution in [0.15, 0.2) is 27.8 Å². The van der Waals surface area contributed by atoms with Crippen molar-refractivity contribution in [1.82, 2.24) is 20.3 Å². The standard InChI is InChI=1S/C17H31N5O3S.HI/c1-3-18-17(19-9-10-21-26(23,24)4-2)20-14-15(16-8-7-13-25-16)22-11-5-6-12-22;/h7-8,13,15,21H,3-6,9-12,14H2,1-2H3,(H2,18,19,20);1H. The van der Waals surface area contributed by atoms with E-state index in [0.717, 1.165) is 25.4 Å². The minimum absolute atomic E-state index is 0. The number of sulfonamides is 1. The number of nitrogens with one attached hydrogen (secondary N) is 3. The van der Waals surface area contributed by atoms with E-state index in [4.69, 9.17) is 4.42 Å². The summed E-state index contributed by atoms with van der Waals surface area (Å²) < 4.78 is 31.1. The van der Waals surface area contributed by atoms with Gasteiger partial charge in [0.1, 0.15) is 5.76 Å². The van der Waals surface area contributed by atoms with E-state index in [9.17, 15) is 8.42 Å². The van der Waals surface area contributed by atoms with E-state index in [-0.39, 0.29) is 35.8 Å². The Bertz CT molecular complexity index is 646. The van der Waals surface area contributed by atoms with Crippen molar-refractivity contribution in [2.24, 2.45) is 4.99 Å². The summed E-state index contributed by atoms with van der Waals surface area (Å²) in [5.74, 6) is 1.70. The van der Waals surface area contributed by atoms with E-state index in [2.05, 4.69) is 25.2 Å². The first-order valence-corrected chi connectivity index (χ1v) is 11.0. The third-order valence-electron chi connectivity index (χ3n) is 4.34. The number of nitrogens with zero attached hydrogens (tertiary/aromatic N) is 2. The molecule has 0 spiro atoms. The number of hydrogen-bond acceptors (Lipinski definition) is 5. The van der Waals surface area contributed by atoms with Gasteiger partial charge in [0.05, 0.1) is 24.6 Å². The van der Waals surface area contributed by atoms with Crippen molar-refractivity contribution >= 4 is 40.0 Å². The number of furan rings is 1. The minimum atomic E-state index is -3.17. The maximum atomic E-state index is 11.5. The van der Waals surface area contributed by atoms with Gasteiger partial charge in [0, 0.05) is 19.6 Å². The Hall–Kier alpha value is -0.850. The van der Waals surface area contributed by atoms with Crippen molar-refractivity contribution in [3.05, 3.63) is 24.2 Å². The number of guanidine groups is 1. The molecule has 3 N–H and O–H groups in total. The highest BCUT2D eigenvalue weighted by Gasteiger charge is 2.25. The van der Waals surface area contributed by atoms with E-state index in [0.29, 0.717) is 25.6 Å². The van der Waals surface area contributed by atoms with Gasteiger partial charge in [0.15, 0.2) is 5.96 Å². The van der Waals surface area contributed by atoms with Gasteiger partial charge in [-0.15, -0.1) is 24.0 Å². The zero-order valence-corrected chi connectivity index (χ0v) is 19.3. The van der Waals surface area contributed by atoms with Crippen LogP contribution in [0.5, 0.6) is 0 Å². The Morgan fingerprint density at radius 1 is 1.26 bits per heavy atom. The summed E-state index contributed by atoms with van der Waals surface area (Å²) in [6.45, 7) is 7.86. The monoisotopic (exact) mass is 513 g/mol. The van der Waals surface area contributed by atoms with Gasteiger partial charge in [-0.1, -0.05) is 0 Å². The number of aliphatic imine (C=N–C) groups is 1. The first-order chi connectivity index (χ1) is 12.6. The second-order valence-electron chi connectivity index (χ2n) is 6.22. The molecule has 1 saturated heterocycles. The van der Waals surface area contributed by atoms with E-state index in [1.54, 1.807) is 13.2 Å². The van der Waals surface area contributed by atoms with Crippen molar-refractivity contribution in [1.29, 1.82) is 0 Å². The number of hydrogen-bond donors (Lipinski definition) is 3. The molecule has 2 heterocycles. The van der Waals surface area contributed by atoms with E-state index in [1.807, 2.05) is 19.1 Å². The van der Waals surface area contributed by atoms with Crippen molar-refractivity contribution in [3.63, 3.8) is 0 Å². The highest BCUT2D eigenvalue weighted by atomic mass is 127. The number of rotatable bonds is 10. The average molecular weight is 513 g/mol. The predicted molar refractivity (Wildman–Crippen MR) is 119 cm³/mol. The highest BCUT2D eigenvalue weighted by Crippen LogP contribution is 2.25. The molecule has 0 aromatic carbocycles. The van der Waals surface area contributed by atoms with Gasteiger partial charge in [0.25, 0.3) is 0 Å². The van der Waals surface area contributed by atoms with Gasteiger partial charge in [-0.25, -0.2) is 13.1 Å². The van der Waals surface area contributed by atoms with Gasteiger partial charge in [-0.05, 0) is 51.9 Å². The van der Waals surface area contributed by atoms with Gasteiger partial charge in [0.2, 0.25) is 10.0 Å².